The summed E-state index contributed by atoms with van der Waals surface area (Å²) in [5.41, 5.74) is 1.21. The van der Waals surface area contributed by atoms with Crippen LogP contribution >= 0.6 is 34.8 Å². The van der Waals surface area contributed by atoms with E-state index in [0.29, 0.717) is 28.4 Å². The molecule has 10 heteroatoms. The van der Waals surface area contributed by atoms with Crippen molar-refractivity contribution in [2.24, 2.45) is 9.98 Å². The quantitative estimate of drug-likeness (QED) is 0.678. The Morgan fingerprint density at radius 3 is 2.00 bits per heavy atom. The van der Waals surface area contributed by atoms with Gasteiger partial charge in [-0.2, -0.15) is 4.39 Å². The second kappa shape index (κ2) is 6.51. The number of halogens is 4. The number of nitrogens with one attached hydrogen (secondary N) is 2. The van der Waals surface area contributed by atoms with Gasteiger partial charge in [0.05, 0.1) is 18.7 Å². The molecule has 0 amide bonds. The van der Waals surface area contributed by atoms with E-state index in [1.807, 2.05) is 0 Å². The third kappa shape index (κ3) is 3.15. The van der Waals surface area contributed by atoms with E-state index in [-0.39, 0.29) is 33.5 Å². The van der Waals surface area contributed by atoms with Gasteiger partial charge in [-0.25, -0.2) is 0 Å². The number of aromatic nitrogens is 2. The van der Waals surface area contributed by atoms with Crippen LogP contribution in [0.2, 0.25) is 10.3 Å². The van der Waals surface area contributed by atoms with Crippen molar-refractivity contribution in [3.05, 3.63) is 65.4 Å². The maximum atomic E-state index is 12.8. The molecule has 0 atom stereocenters. The van der Waals surface area contributed by atoms with E-state index >= 15 is 0 Å². The molecule has 0 saturated carbocycles. The molecular formula is C14H8Cl3FN4O2. The SMILES string of the molecule is O=c1[nH]c(Cl)cc2c1CN=C2Cl.O=c1[nH]c(Cl)cc2c1CN=C2F. The molecule has 24 heavy (non-hydrogen) atoms. The van der Waals surface area contributed by atoms with Crippen LogP contribution < -0.4 is 11.1 Å². The molecule has 2 aliphatic rings. The van der Waals surface area contributed by atoms with Crippen LogP contribution in [0.4, 0.5) is 4.39 Å². The van der Waals surface area contributed by atoms with Crippen LogP contribution in [0.1, 0.15) is 22.3 Å². The van der Waals surface area contributed by atoms with E-state index in [1.165, 1.54) is 6.07 Å². The van der Waals surface area contributed by atoms with Gasteiger partial charge in [0, 0.05) is 16.7 Å². The first-order chi connectivity index (χ1) is 11.4. The Labute approximate surface area is 149 Å². The fraction of sp³-hybridized carbons (Fsp3) is 0.143. The zero-order chi connectivity index (χ0) is 17.4. The molecule has 2 aromatic heterocycles. The molecule has 0 spiro atoms. The Morgan fingerprint density at radius 1 is 0.875 bits per heavy atom. The molecule has 0 aromatic carbocycles. The first-order valence-corrected chi connectivity index (χ1v) is 7.74. The lowest BCUT2D eigenvalue weighted by Crippen LogP contribution is -2.13. The first-order valence-electron chi connectivity index (χ1n) is 6.61. The van der Waals surface area contributed by atoms with Gasteiger partial charge in [0.1, 0.15) is 15.5 Å². The number of nitrogens with zero attached hydrogens (tertiary/aromatic N) is 2. The van der Waals surface area contributed by atoms with Crippen molar-refractivity contribution in [2.45, 2.75) is 13.1 Å². The summed E-state index contributed by atoms with van der Waals surface area (Å²) in [6.07, 6.45) is 0. The Balaban J connectivity index is 0.000000141. The second-order valence-corrected chi connectivity index (χ2v) is 6.06. The molecule has 124 valence electrons. The number of rotatable bonds is 0. The van der Waals surface area contributed by atoms with Gasteiger partial charge in [0.15, 0.2) is 0 Å². The van der Waals surface area contributed by atoms with E-state index in [9.17, 15) is 14.0 Å². The van der Waals surface area contributed by atoms with Crippen molar-refractivity contribution >= 4 is 45.9 Å². The molecule has 2 aliphatic heterocycles. The summed E-state index contributed by atoms with van der Waals surface area (Å²) in [4.78, 5) is 34.5. The molecule has 0 aliphatic carbocycles. The second-order valence-electron chi connectivity index (χ2n) is 4.89. The summed E-state index contributed by atoms with van der Waals surface area (Å²) in [6, 6.07) is 2.97. The molecule has 0 fully saturated rings. The normalized spacial score (nSPS) is 14.3. The van der Waals surface area contributed by atoms with E-state index in [2.05, 4.69) is 20.0 Å². The van der Waals surface area contributed by atoms with Gasteiger partial charge in [-0.3, -0.25) is 19.6 Å². The zero-order valence-electron chi connectivity index (χ0n) is 11.8. The topological polar surface area (TPSA) is 90.4 Å². The van der Waals surface area contributed by atoms with Gasteiger partial charge < -0.3 is 9.97 Å². The van der Waals surface area contributed by atoms with E-state index in [0.717, 1.165) is 0 Å². The number of aliphatic imine (C=N–C) groups is 2. The maximum absolute atomic E-state index is 12.8. The summed E-state index contributed by atoms with van der Waals surface area (Å²) < 4.78 is 12.8. The average Bonchev–Trinajstić information content (AvgIpc) is 3.05. The van der Waals surface area contributed by atoms with Crippen LogP contribution in [0.15, 0.2) is 31.7 Å². The van der Waals surface area contributed by atoms with Crippen LogP contribution in [-0.4, -0.2) is 21.1 Å². The summed E-state index contributed by atoms with van der Waals surface area (Å²) in [5.74, 6) is -0.613. The van der Waals surface area contributed by atoms with Crippen molar-refractivity contribution in [3.63, 3.8) is 0 Å². The largest absolute Gasteiger partial charge is 0.313 e. The molecular weight excluding hydrogens is 382 g/mol. The zero-order valence-corrected chi connectivity index (χ0v) is 14.1. The number of hydrogen-bond donors (Lipinski definition) is 2. The van der Waals surface area contributed by atoms with Crippen molar-refractivity contribution in [1.29, 1.82) is 0 Å². The molecule has 0 radical (unpaired) electrons. The summed E-state index contributed by atoms with van der Waals surface area (Å²) in [5, 5.41) is 0.776. The van der Waals surface area contributed by atoms with Gasteiger partial charge in [-0.15, -0.1) is 0 Å². The molecule has 4 rings (SSSR count). The Kier molecular flexibility index (Phi) is 4.58. The van der Waals surface area contributed by atoms with E-state index < -0.39 is 5.97 Å². The number of hydrogen-bond acceptors (Lipinski definition) is 4. The van der Waals surface area contributed by atoms with Crippen molar-refractivity contribution in [3.8, 4) is 0 Å². The van der Waals surface area contributed by atoms with Crippen LogP contribution in [0.5, 0.6) is 0 Å². The minimum absolute atomic E-state index is 0.105. The average molecular weight is 390 g/mol. The van der Waals surface area contributed by atoms with Crippen molar-refractivity contribution in [2.75, 3.05) is 0 Å². The molecule has 4 heterocycles. The third-order valence-electron chi connectivity index (χ3n) is 3.40. The predicted molar refractivity (Wildman–Crippen MR) is 91.6 cm³/mol. The highest BCUT2D eigenvalue weighted by molar-refractivity contribution is 6.70. The number of H-pyrrole nitrogens is 2. The molecule has 0 bridgehead atoms. The Bertz CT molecular complexity index is 929. The lowest BCUT2D eigenvalue weighted by molar-refractivity contribution is 0.805. The summed E-state index contributed by atoms with van der Waals surface area (Å²) >= 11 is 16.9. The Morgan fingerprint density at radius 2 is 1.38 bits per heavy atom. The highest BCUT2D eigenvalue weighted by Gasteiger charge is 2.19. The number of fused-ring (bicyclic) bond motifs is 2. The third-order valence-corrected chi connectivity index (χ3v) is 4.13. The van der Waals surface area contributed by atoms with Crippen LogP contribution in [0, 0.1) is 0 Å². The van der Waals surface area contributed by atoms with E-state index in [1.54, 1.807) is 6.07 Å². The molecule has 0 saturated heterocycles. The fourth-order valence-electron chi connectivity index (χ4n) is 2.26. The standard InChI is InChI=1S/C7H4Cl2N2O.C7H4ClFN2O/c2*8-5-1-3-4(7(12)11-5)2-10-6(3)9/h2*1H,2H2,(H,11,12). The first kappa shape index (κ1) is 16.9. The highest BCUT2D eigenvalue weighted by Crippen LogP contribution is 2.19. The predicted octanol–water partition coefficient (Wildman–Crippen LogP) is 2.79. The van der Waals surface area contributed by atoms with Gasteiger partial charge >= 0.3 is 0 Å². The number of pyridine rings is 2. The van der Waals surface area contributed by atoms with Gasteiger partial charge in [-0.05, 0) is 12.1 Å². The summed E-state index contributed by atoms with van der Waals surface area (Å²) in [6.45, 7) is 0.453. The molecule has 2 N–H and O–H groups in total. The maximum Gasteiger partial charge on any atom is 0.254 e. The molecule has 6 nitrogen and oxygen atoms in total. The smallest absolute Gasteiger partial charge is 0.254 e. The van der Waals surface area contributed by atoms with Crippen LogP contribution in [-0.2, 0) is 13.1 Å². The van der Waals surface area contributed by atoms with Crippen molar-refractivity contribution < 1.29 is 4.39 Å². The Hall–Kier alpha value is -1.96. The lowest BCUT2D eigenvalue weighted by Gasteiger charge is -1.96. The van der Waals surface area contributed by atoms with E-state index in [4.69, 9.17) is 34.8 Å². The lowest BCUT2D eigenvalue weighted by atomic mass is 10.2. The van der Waals surface area contributed by atoms with Crippen LogP contribution in [0.3, 0.4) is 0 Å². The van der Waals surface area contributed by atoms with Crippen LogP contribution in [0.25, 0.3) is 0 Å². The van der Waals surface area contributed by atoms with Gasteiger partial charge in [-0.1, -0.05) is 34.8 Å². The van der Waals surface area contributed by atoms with Gasteiger partial charge in [0.25, 0.3) is 11.1 Å². The minimum atomic E-state index is -0.613. The molecule has 2 aromatic rings. The van der Waals surface area contributed by atoms with Gasteiger partial charge in [0.2, 0.25) is 5.97 Å². The summed E-state index contributed by atoms with van der Waals surface area (Å²) in [7, 11) is 0. The minimum Gasteiger partial charge on any atom is -0.313 e. The monoisotopic (exact) mass is 388 g/mol. The highest BCUT2D eigenvalue weighted by atomic mass is 35.5. The van der Waals surface area contributed by atoms with Crippen molar-refractivity contribution in [1.82, 2.24) is 9.97 Å². The fourth-order valence-corrected chi connectivity index (χ4v) is 2.88. The molecule has 0 unspecified atom stereocenters. The number of aromatic amines is 2.